The van der Waals surface area contributed by atoms with Gasteiger partial charge in [-0.3, -0.25) is 4.98 Å². The van der Waals surface area contributed by atoms with Gasteiger partial charge in [0.1, 0.15) is 12.7 Å². The standard InChI is InChI=1S/C10H12N6/c1-2-8(1)12-3-9-4-14-10(5-13-9)16-7-11-6-15-16/h4-8,12H,1-3H2. The summed E-state index contributed by atoms with van der Waals surface area (Å²) in [6, 6.07) is 0.691. The Morgan fingerprint density at radius 2 is 2.25 bits per heavy atom. The van der Waals surface area contributed by atoms with Crippen molar-refractivity contribution in [2.24, 2.45) is 0 Å². The van der Waals surface area contributed by atoms with Crippen LogP contribution in [0.5, 0.6) is 0 Å². The van der Waals surface area contributed by atoms with E-state index in [-0.39, 0.29) is 0 Å². The Morgan fingerprint density at radius 3 is 2.88 bits per heavy atom. The summed E-state index contributed by atoms with van der Waals surface area (Å²) in [4.78, 5) is 12.5. The first kappa shape index (κ1) is 9.41. The maximum Gasteiger partial charge on any atom is 0.173 e. The smallest absolute Gasteiger partial charge is 0.173 e. The lowest BCUT2D eigenvalue weighted by Crippen LogP contribution is -2.16. The third-order valence-electron chi connectivity index (χ3n) is 2.49. The molecule has 2 aromatic heterocycles. The van der Waals surface area contributed by atoms with Gasteiger partial charge in [0.05, 0.1) is 18.1 Å². The largest absolute Gasteiger partial charge is 0.308 e. The van der Waals surface area contributed by atoms with Gasteiger partial charge in [-0.05, 0) is 12.8 Å². The predicted molar refractivity (Wildman–Crippen MR) is 56.8 cm³/mol. The average molecular weight is 216 g/mol. The van der Waals surface area contributed by atoms with E-state index < -0.39 is 0 Å². The first-order chi connectivity index (χ1) is 7.92. The van der Waals surface area contributed by atoms with Gasteiger partial charge < -0.3 is 5.32 Å². The summed E-state index contributed by atoms with van der Waals surface area (Å²) in [5, 5.41) is 7.38. The summed E-state index contributed by atoms with van der Waals surface area (Å²) in [5.41, 5.74) is 0.954. The molecule has 1 aliphatic rings. The van der Waals surface area contributed by atoms with Gasteiger partial charge in [-0.25, -0.2) is 14.6 Å². The second-order valence-corrected chi connectivity index (χ2v) is 3.86. The fourth-order valence-corrected chi connectivity index (χ4v) is 1.42. The Labute approximate surface area is 92.8 Å². The van der Waals surface area contributed by atoms with Crippen molar-refractivity contribution in [3.8, 4) is 5.82 Å². The van der Waals surface area contributed by atoms with Crippen molar-refractivity contribution in [3.05, 3.63) is 30.7 Å². The fraction of sp³-hybridized carbons (Fsp3) is 0.400. The molecule has 16 heavy (non-hydrogen) atoms. The monoisotopic (exact) mass is 216 g/mol. The molecule has 1 saturated carbocycles. The first-order valence-corrected chi connectivity index (χ1v) is 5.31. The molecule has 0 bridgehead atoms. The molecule has 0 aliphatic heterocycles. The highest BCUT2D eigenvalue weighted by Crippen LogP contribution is 2.18. The minimum atomic E-state index is 0.688. The lowest BCUT2D eigenvalue weighted by atomic mass is 10.4. The Hall–Kier alpha value is -1.82. The van der Waals surface area contributed by atoms with Crippen LogP contribution in [0, 0.1) is 0 Å². The highest BCUT2D eigenvalue weighted by Gasteiger charge is 2.20. The molecular weight excluding hydrogens is 204 g/mol. The van der Waals surface area contributed by atoms with E-state index in [4.69, 9.17) is 0 Å². The van der Waals surface area contributed by atoms with E-state index in [1.165, 1.54) is 19.2 Å². The number of nitrogens with one attached hydrogen (secondary N) is 1. The highest BCUT2D eigenvalue weighted by molar-refractivity contribution is 5.16. The van der Waals surface area contributed by atoms with Crippen LogP contribution < -0.4 is 5.32 Å². The van der Waals surface area contributed by atoms with Crippen LogP contribution in [0.1, 0.15) is 18.5 Å². The maximum absolute atomic E-state index is 4.32. The zero-order valence-electron chi connectivity index (χ0n) is 8.74. The van der Waals surface area contributed by atoms with Gasteiger partial charge in [0, 0.05) is 12.6 Å². The molecule has 2 heterocycles. The topological polar surface area (TPSA) is 68.5 Å². The third kappa shape index (κ3) is 2.06. The number of hydrogen-bond donors (Lipinski definition) is 1. The van der Waals surface area contributed by atoms with E-state index in [0.717, 1.165) is 12.2 Å². The Morgan fingerprint density at radius 1 is 1.31 bits per heavy atom. The molecule has 0 amide bonds. The Kier molecular flexibility index (Phi) is 2.34. The van der Waals surface area contributed by atoms with Crippen LogP contribution in [0.25, 0.3) is 5.82 Å². The van der Waals surface area contributed by atoms with Gasteiger partial charge in [-0.1, -0.05) is 0 Å². The highest BCUT2D eigenvalue weighted by atomic mass is 15.3. The molecule has 2 aromatic rings. The molecule has 0 unspecified atom stereocenters. The van der Waals surface area contributed by atoms with E-state index in [1.54, 1.807) is 23.4 Å². The van der Waals surface area contributed by atoms with Gasteiger partial charge in [-0.15, -0.1) is 0 Å². The maximum atomic E-state index is 4.32. The second kappa shape index (κ2) is 3.97. The van der Waals surface area contributed by atoms with Crippen molar-refractivity contribution in [2.45, 2.75) is 25.4 Å². The average Bonchev–Trinajstić information content (AvgIpc) is 3.00. The molecule has 0 aromatic carbocycles. The zero-order valence-corrected chi connectivity index (χ0v) is 8.74. The van der Waals surface area contributed by atoms with Crippen molar-refractivity contribution in [3.63, 3.8) is 0 Å². The van der Waals surface area contributed by atoms with Crippen LogP contribution in [0.3, 0.4) is 0 Å². The van der Waals surface area contributed by atoms with E-state index in [9.17, 15) is 0 Å². The molecular formula is C10H12N6. The minimum Gasteiger partial charge on any atom is -0.308 e. The SMILES string of the molecule is c1ncn(-c2cnc(CNC3CC3)cn2)n1. The second-order valence-electron chi connectivity index (χ2n) is 3.86. The zero-order chi connectivity index (χ0) is 10.8. The Balaban J connectivity index is 1.69. The molecule has 1 N–H and O–H groups in total. The van der Waals surface area contributed by atoms with E-state index in [1.807, 2.05) is 0 Å². The summed E-state index contributed by atoms with van der Waals surface area (Å²) in [5.74, 6) is 0.688. The molecule has 6 nitrogen and oxygen atoms in total. The van der Waals surface area contributed by atoms with Crippen LogP contribution in [0.4, 0.5) is 0 Å². The van der Waals surface area contributed by atoms with Crippen LogP contribution in [-0.2, 0) is 6.54 Å². The number of hydrogen-bond acceptors (Lipinski definition) is 5. The van der Waals surface area contributed by atoms with Crippen LogP contribution in [0.15, 0.2) is 25.0 Å². The van der Waals surface area contributed by atoms with Crippen molar-refractivity contribution in [1.29, 1.82) is 0 Å². The van der Waals surface area contributed by atoms with E-state index in [2.05, 4.69) is 25.4 Å². The van der Waals surface area contributed by atoms with Gasteiger partial charge >= 0.3 is 0 Å². The fourth-order valence-electron chi connectivity index (χ4n) is 1.42. The lowest BCUT2D eigenvalue weighted by molar-refractivity contribution is 0.669. The molecule has 1 fully saturated rings. The molecule has 6 heteroatoms. The number of aromatic nitrogens is 5. The third-order valence-corrected chi connectivity index (χ3v) is 2.49. The summed E-state index contributed by atoms with van der Waals surface area (Å²) in [6.07, 6.45) is 9.12. The van der Waals surface area contributed by atoms with Crippen LogP contribution in [-0.4, -0.2) is 30.8 Å². The van der Waals surface area contributed by atoms with Crippen LogP contribution >= 0.6 is 0 Å². The molecule has 0 atom stereocenters. The molecule has 3 rings (SSSR count). The first-order valence-electron chi connectivity index (χ1n) is 5.31. The molecule has 1 aliphatic carbocycles. The van der Waals surface area contributed by atoms with E-state index >= 15 is 0 Å². The van der Waals surface area contributed by atoms with Gasteiger partial charge in [0.2, 0.25) is 0 Å². The van der Waals surface area contributed by atoms with Gasteiger partial charge in [0.25, 0.3) is 0 Å². The van der Waals surface area contributed by atoms with Crippen molar-refractivity contribution in [1.82, 2.24) is 30.0 Å². The van der Waals surface area contributed by atoms with Gasteiger partial charge in [-0.2, -0.15) is 5.10 Å². The summed E-state index contributed by atoms with van der Waals surface area (Å²) >= 11 is 0. The molecule has 0 radical (unpaired) electrons. The lowest BCUT2D eigenvalue weighted by Gasteiger charge is -2.03. The molecule has 0 saturated heterocycles. The van der Waals surface area contributed by atoms with E-state index in [0.29, 0.717) is 11.9 Å². The van der Waals surface area contributed by atoms with Crippen molar-refractivity contribution in [2.75, 3.05) is 0 Å². The summed E-state index contributed by atoms with van der Waals surface area (Å²) < 4.78 is 1.59. The quantitative estimate of drug-likeness (QED) is 0.796. The normalized spacial score (nSPS) is 15.2. The van der Waals surface area contributed by atoms with Gasteiger partial charge in [0.15, 0.2) is 5.82 Å². The molecule has 82 valence electrons. The Bertz CT molecular complexity index is 445. The summed E-state index contributed by atoms with van der Waals surface area (Å²) in [6.45, 7) is 0.787. The molecule has 0 spiro atoms. The van der Waals surface area contributed by atoms with Crippen molar-refractivity contribution >= 4 is 0 Å². The number of nitrogens with zero attached hydrogens (tertiary/aromatic N) is 5. The van der Waals surface area contributed by atoms with Crippen molar-refractivity contribution < 1.29 is 0 Å². The summed E-state index contributed by atoms with van der Waals surface area (Å²) in [7, 11) is 0. The predicted octanol–water partition coefficient (Wildman–Crippen LogP) is 0.309. The van der Waals surface area contributed by atoms with Crippen LogP contribution in [0.2, 0.25) is 0 Å². The minimum absolute atomic E-state index is 0.688. The number of rotatable bonds is 4.